The molecule has 1 aromatic carbocycles. The quantitative estimate of drug-likeness (QED) is 0.728. The predicted molar refractivity (Wildman–Crippen MR) is 93.2 cm³/mol. The smallest absolute Gasteiger partial charge is 0.232 e. The topological polar surface area (TPSA) is 83.0 Å². The standard InChI is InChI=1S/C17H25N5O/c1-5-7-14(10-23)20-16-18-13(4)19-17(22-16)21-15-11(2)8-6-9-12(15)3/h6,8-9,14,23H,5,7,10H2,1-4H3,(H2,18,19,20,21,22). The zero-order valence-electron chi connectivity index (χ0n) is 14.2. The maximum Gasteiger partial charge on any atom is 0.232 e. The van der Waals surface area contributed by atoms with Crippen LogP contribution in [0.15, 0.2) is 18.2 Å². The fraction of sp³-hybridized carbons (Fsp3) is 0.471. The Kier molecular flexibility index (Phi) is 5.87. The van der Waals surface area contributed by atoms with Gasteiger partial charge in [-0.2, -0.15) is 15.0 Å². The van der Waals surface area contributed by atoms with Gasteiger partial charge in [-0.05, 0) is 38.3 Å². The summed E-state index contributed by atoms with van der Waals surface area (Å²) in [5, 5.41) is 15.9. The number of aryl methyl sites for hydroxylation is 3. The summed E-state index contributed by atoms with van der Waals surface area (Å²) in [6.45, 7) is 8.06. The Balaban J connectivity index is 2.23. The summed E-state index contributed by atoms with van der Waals surface area (Å²) in [6, 6.07) is 6.07. The molecule has 1 atom stereocenters. The molecule has 0 aliphatic heterocycles. The number of hydrogen-bond donors (Lipinski definition) is 3. The van der Waals surface area contributed by atoms with Crippen LogP contribution in [0.2, 0.25) is 0 Å². The summed E-state index contributed by atoms with van der Waals surface area (Å²) in [4.78, 5) is 13.1. The number of nitrogens with zero attached hydrogens (tertiary/aromatic N) is 3. The number of aromatic nitrogens is 3. The maximum absolute atomic E-state index is 9.42. The average Bonchev–Trinajstić information content (AvgIpc) is 2.50. The molecule has 1 unspecified atom stereocenters. The minimum atomic E-state index is -0.0464. The summed E-state index contributed by atoms with van der Waals surface area (Å²) in [5.41, 5.74) is 3.28. The second-order valence-electron chi connectivity index (χ2n) is 5.73. The molecule has 0 bridgehead atoms. The third kappa shape index (κ3) is 4.63. The molecule has 2 rings (SSSR count). The molecule has 0 saturated carbocycles. The number of aliphatic hydroxyl groups excluding tert-OH is 1. The Hall–Kier alpha value is -2.21. The zero-order valence-corrected chi connectivity index (χ0v) is 14.2. The first-order chi connectivity index (χ1) is 11.0. The summed E-state index contributed by atoms with van der Waals surface area (Å²) in [7, 11) is 0. The fourth-order valence-electron chi connectivity index (χ4n) is 2.47. The number of anilines is 3. The molecule has 23 heavy (non-hydrogen) atoms. The average molecular weight is 315 g/mol. The van der Waals surface area contributed by atoms with E-state index in [2.05, 4.69) is 32.5 Å². The molecule has 0 aliphatic carbocycles. The van der Waals surface area contributed by atoms with E-state index >= 15 is 0 Å². The third-order valence-corrected chi connectivity index (χ3v) is 3.66. The van der Waals surface area contributed by atoms with Crippen molar-refractivity contribution in [2.45, 2.75) is 46.6 Å². The van der Waals surface area contributed by atoms with Gasteiger partial charge in [-0.3, -0.25) is 0 Å². The lowest BCUT2D eigenvalue weighted by molar-refractivity contribution is 0.268. The maximum atomic E-state index is 9.42. The Morgan fingerprint density at radius 2 is 1.70 bits per heavy atom. The van der Waals surface area contributed by atoms with Crippen molar-refractivity contribution in [3.05, 3.63) is 35.2 Å². The van der Waals surface area contributed by atoms with Crippen LogP contribution in [0.3, 0.4) is 0 Å². The minimum absolute atomic E-state index is 0.0464. The zero-order chi connectivity index (χ0) is 16.8. The van der Waals surface area contributed by atoms with Gasteiger partial charge in [0.25, 0.3) is 0 Å². The molecule has 3 N–H and O–H groups in total. The number of benzene rings is 1. The van der Waals surface area contributed by atoms with Gasteiger partial charge >= 0.3 is 0 Å². The minimum Gasteiger partial charge on any atom is -0.394 e. The first-order valence-electron chi connectivity index (χ1n) is 7.96. The van der Waals surface area contributed by atoms with Gasteiger partial charge in [-0.1, -0.05) is 31.5 Å². The Bertz CT molecular complexity index is 639. The number of hydrogen-bond acceptors (Lipinski definition) is 6. The highest BCUT2D eigenvalue weighted by atomic mass is 16.3. The largest absolute Gasteiger partial charge is 0.394 e. The highest BCUT2D eigenvalue weighted by molar-refractivity contribution is 5.63. The van der Waals surface area contributed by atoms with Crippen LogP contribution in [0.4, 0.5) is 17.6 Å². The molecule has 0 saturated heterocycles. The molecule has 1 heterocycles. The van der Waals surface area contributed by atoms with Gasteiger partial charge in [-0.15, -0.1) is 0 Å². The lowest BCUT2D eigenvalue weighted by Crippen LogP contribution is -2.25. The molecule has 0 spiro atoms. The number of para-hydroxylation sites is 1. The molecule has 6 heteroatoms. The van der Waals surface area contributed by atoms with Gasteiger partial charge < -0.3 is 15.7 Å². The monoisotopic (exact) mass is 315 g/mol. The van der Waals surface area contributed by atoms with E-state index in [1.54, 1.807) is 0 Å². The van der Waals surface area contributed by atoms with E-state index in [-0.39, 0.29) is 12.6 Å². The molecule has 0 amide bonds. The van der Waals surface area contributed by atoms with Crippen molar-refractivity contribution in [1.29, 1.82) is 0 Å². The van der Waals surface area contributed by atoms with Crippen molar-refractivity contribution < 1.29 is 5.11 Å². The molecule has 0 fully saturated rings. The van der Waals surface area contributed by atoms with E-state index < -0.39 is 0 Å². The van der Waals surface area contributed by atoms with Gasteiger partial charge in [0, 0.05) is 5.69 Å². The van der Waals surface area contributed by atoms with Crippen molar-refractivity contribution in [1.82, 2.24) is 15.0 Å². The van der Waals surface area contributed by atoms with Gasteiger partial charge in [0.05, 0.1) is 12.6 Å². The van der Waals surface area contributed by atoms with E-state index in [9.17, 15) is 5.11 Å². The Morgan fingerprint density at radius 1 is 1.04 bits per heavy atom. The molecule has 1 aromatic heterocycles. The molecular formula is C17H25N5O. The van der Waals surface area contributed by atoms with Crippen LogP contribution in [-0.4, -0.2) is 32.7 Å². The van der Waals surface area contributed by atoms with Crippen LogP contribution in [0.5, 0.6) is 0 Å². The van der Waals surface area contributed by atoms with Gasteiger partial charge in [0.15, 0.2) is 0 Å². The van der Waals surface area contributed by atoms with Crippen molar-refractivity contribution in [3.63, 3.8) is 0 Å². The van der Waals surface area contributed by atoms with Gasteiger partial charge in [0.2, 0.25) is 11.9 Å². The summed E-state index contributed by atoms with van der Waals surface area (Å²) < 4.78 is 0. The first-order valence-corrected chi connectivity index (χ1v) is 7.96. The fourth-order valence-corrected chi connectivity index (χ4v) is 2.47. The molecular weight excluding hydrogens is 290 g/mol. The second kappa shape index (κ2) is 7.87. The van der Waals surface area contributed by atoms with Gasteiger partial charge in [0.1, 0.15) is 5.82 Å². The van der Waals surface area contributed by atoms with Crippen molar-refractivity contribution in [2.24, 2.45) is 0 Å². The van der Waals surface area contributed by atoms with E-state index in [0.29, 0.717) is 17.7 Å². The van der Waals surface area contributed by atoms with Crippen molar-refractivity contribution >= 4 is 17.6 Å². The Morgan fingerprint density at radius 3 is 2.30 bits per heavy atom. The van der Waals surface area contributed by atoms with Crippen molar-refractivity contribution in [3.8, 4) is 0 Å². The van der Waals surface area contributed by atoms with Crippen LogP contribution in [0.25, 0.3) is 0 Å². The molecule has 0 aliphatic rings. The summed E-state index contributed by atoms with van der Waals surface area (Å²) in [5.74, 6) is 1.62. The summed E-state index contributed by atoms with van der Waals surface area (Å²) in [6.07, 6.45) is 1.84. The highest BCUT2D eigenvalue weighted by Crippen LogP contribution is 2.23. The van der Waals surface area contributed by atoms with Crippen molar-refractivity contribution in [2.75, 3.05) is 17.2 Å². The van der Waals surface area contributed by atoms with Crippen LogP contribution in [0, 0.1) is 20.8 Å². The molecule has 124 valence electrons. The lowest BCUT2D eigenvalue weighted by atomic mass is 10.1. The molecule has 0 radical (unpaired) electrons. The third-order valence-electron chi connectivity index (χ3n) is 3.66. The summed E-state index contributed by atoms with van der Waals surface area (Å²) >= 11 is 0. The van der Waals surface area contributed by atoms with E-state index in [0.717, 1.165) is 29.7 Å². The van der Waals surface area contributed by atoms with Crippen LogP contribution >= 0.6 is 0 Å². The van der Waals surface area contributed by atoms with Crippen LogP contribution in [-0.2, 0) is 0 Å². The van der Waals surface area contributed by atoms with E-state index in [4.69, 9.17) is 0 Å². The SMILES string of the molecule is CCCC(CO)Nc1nc(C)nc(Nc2c(C)cccc2C)n1. The molecule has 6 nitrogen and oxygen atoms in total. The van der Waals surface area contributed by atoms with E-state index in [1.165, 1.54) is 0 Å². The van der Waals surface area contributed by atoms with E-state index in [1.807, 2.05) is 39.0 Å². The Labute approximate surface area is 137 Å². The second-order valence-corrected chi connectivity index (χ2v) is 5.73. The molecule has 2 aromatic rings. The highest BCUT2D eigenvalue weighted by Gasteiger charge is 2.11. The predicted octanol–water partition coefficient (Wildman–Crippen LogP) is 3.11. The normalized spacial score (nSPS) is 12.0. The van der Waals surface area contributed by atoms with Crippen LogP contribution in [0.1, 0.15) is 36.7 Å². The number of aliphatic hydroxyl groups is 1. The first kappa shape index (κ1) is 17.1. The van der Waals surface area contributed by atoms with Crippen LogP contribution < -0.4 is 10.6 Å². The number of rotatable bonds is 7. The number of nitrogens with one attached hydrogen (secondary N) is 2. The van der Waals surface area contributed by atoms with Gasteiger partial charge in [-0.25, -0.2) is 0 Å². The lowest BCUT2D eigenvalue weighted by Gasteiger charge is -2.16.